The molecule has 0 radical (unpaired) electrons. The van der Waals surface area contributed by atoms with Crippen molar-refractivity contribution in [3.8, 4) is 0 Å². The van der Waals surface area contributed by atoms with E-state index in [-0.39, 0.29) is 0 Å². The molecule has 0 aliphatic heterocycles. The standard InChI is InChI=1S/C16H21NS/c1-4-8-17-16(15-7-9-18-11-15)14-6-5-12(2)13(3)10-14/h5-7,9-11,16-17H,4,8H2,1-3H3. The molecule has 2 aromatic rings. The highest BCUT2D eigenvalue weighted by Gasteiger charge is 2.13. The second kappa shape index (κ2) is 6.17. The van der Waals surface area contributed by atoms with Gasteiger partial charge in [-0.15, -0.1) is 0 Å². The van der Waals surface area contributed by atoms with Crippen LogP contribution in [0.4, 0.5) is 0 Å². The number of rotatable bonds is 5. The quantitative estimate of drug-likeness (QED) is 0.836. The van der Waals surface area contributed by atoms with E-state index in [0.717, 1.165) is 13.0 Å². The summed E-state index contributed by atoms with van der Waals surface area (Å²) >= 11 is 1.76. The molecule has 0 amide bonds. The Bertz CT molecular complexity index is 488. The summed E-state index contributed by atoms with van der Waals surface area (Å²) < 4.78 is 0. The van der Waals surface area contributed by atoms with E-state index in [2.05, 4.69) is 61.1 Å². The SMILES string of the molecule is CCCNC(c1ccsc1)c1ccc(C)c(C)c1. The first-order valence-corrected chi connectivity index (χ1v) is 7.49. The molecule has 1 aromatic carbocycles. The molecule has 0 saturated heterocycles. The van der Waals surface area contributed by atoms with E-state index in [4.69, 9.17) is 0 Å². The Morgan fingerprint density at radius 2 is 1.94 bits per heavy atom. The zero-order chi connectivity index (χ0) is 13.0. The summed E-state index contributed by atoms with van der Waals surface area (Å²) in [4.78, 5) is 0. The first-order valence-electron chi connectivity index (χ1n) is 6.55. The molecule has 2 heteroatoms. The molecule has 0 aliphatic carbocycles. The molecule has 0 aliphatic rings. The van der Waals surface area contributed by atoms with Crippen LogP contribution in [0.5, 0.6) is 0 Å². The summed E-state index contributed by atoms with van der Waals surface area (Å²) in [5, 5.41) is 8.03. The van der Waals surface area contributed by atoms with Crippen LogP contribution in [0.3, 0.4) is 0 Å². The van der Waals surface area contributed by atoms with Gasteiger partial charge in [0.15, 0.2) is 0 Å². The van der Waals surface area contributed by atoms with E-state index >= 15 is 0 Å². The van der Waals surface area contributed by atoms with Crippen molar-refractivity contribution in [1.29, 1.82) is 0 Å². The Labute approximate surface area is 114 Å². The zero-order valence-electron chi connectivity index (χ0n) is 11.4. The fraction of sp³-hybridized carbons (Fsp3) is 0.375. The average Bonchev–Trinajstić information content (AvgIpc) is 2.88. The van der Waals surface area contributed by atoms with Gasteiger partial charge in [-0.05, 0) is 65.9 Å². The average molecular weight is 259 g/mol. The minimum absolute atomic E-state index is 0.329. The van der Waals surface area contributed by atoms with Crippen molar-refractivity contribution in [3.05, 3.63) is 57.3 Å². The van der Waals surface area contributed by atoms with Crippen LogP contribution in [-0.4, -0.2) is 6.54 Å². The molecule has 1 aromatic heterocycles. The van der Waals surface area contributed by atoms with Gasteiger partial charge in [-0.1, -0.05) is 25.1 Å². The smallest absolute Gasteiger partial charge is 0.0585 e. The number of aryl methyl sites for hydroxylation is 2. The predicted molar refractivity (Wildman–Crippen MR) is 80.4 cm³/mol. The second-order valence-corrected chi connectivity index (χ2v) is 5.57. The van der Waals surface area contributed by atoms with Gasteiger partial charge in [-0.25, -0.2) is 0 Å². The van der Waals surface area contributed by atoms with Crippen LogP contribution in [0.1, 0.15) is 41.6 Å². The third kappa shape index (κ3) is 3.01. The third-order valence-corrected chi connectivity index (χ3v) is 4.04. The van der Waals surface area contributed by atoms with Crippen LogP contribution >= 0.6 is 11.3 Å². The third-order valence-electron chi connectivity index (χ3n) is 3.34. The van der Waals surface area contributed by atoms with Crippen molar-refractivity contribution in [1.82, 2.24) is 5.32 Å². The summed E-state index contributed by atoms with van der Waals surface area (Å²) in [6.45, 7) is 7.60. The van der Waals surface area contributed by atoms with Crippen molar-refractivity contribution in [2.45, 2.75) is 33.2 Å². The molecule has 18 heavy (non-hydrogen) atoms. The van der Waals surface area contributed by atoms with E-state index in [1.54, 1.807) is 11.3 Å². The summed E-state index contributed by atoms with van der Waals surface area (Å²) in [7, 11) is 0. The van der Waals surface area contributed by atoms with Gasteiger partial charge in [0.1, 0.15) is 0 Å². The fourth-order valence-corrected chi connectivity index (χ4v) is 2.79. The topological polar surface area (TPSA) is 12.0 Å². The molecule has 0 fully saturated rings. The molecule has 1 unspecified atom stereocenters. The lowest BCUT2D eigenvalue weighted by atomic mass is 9.97. The zero-order valence-corrected chi connectivity index (χ0v) is 12.2. The Kier molecular flexibility index (Phi) is 4.56. The Morgan fingerprint density at radius 1 is 1.11 bits per heavy atom. The highest BCUT2D eigenvalue weighted by Crippen LogP contribution is 2.25. The van der Waals surface area contributed by atoms with Gasteiger partial charge in [0.05, 0.1) is 6.04 Å². The summed E-state index contributed by atoms with van der Waals surface area (Å²) in [6, 6.07) is 9.31. The van der Waals surface area contributed by atoms with Crippen LogP contribution < -0.4 is 5.32 Å². The molecular formula is C16H21NS. The Morgan fingerprint density at radius 3 is 2.56 bits per heavy atom. The Hall–Kier alpha value is -1.12. The van der Waals surface area contributed by atoms with Gasteiger partial charge >= 0.3 is 0 Å². The number of hydrogen-bond acceptors (Lipinski definition) is 2. The first-order chi connectivity index (χ1) is 8.72. The van der Waals surface area contributed by atoms with Crippen LogP contribution in [0.2, 0.25) is 0 Å². The summed E-state index contributed by atoms with van der Waals surface area (Å²) in [5.41, 5.74) is 5.46. The lowest BCUT2D eigenvalue weighted by Gasteiger charge is -2.19. The van der Waals surface area contributed by atoms with Crippen molar-refractivity contribution >= 4 is 11.3 Å². The molecule has 2 rings (SSSR count). The second-order valence-electron chi connectivity index (χ2n) is 4.79. The maximum atomic E-state index is 3.64. The highest BCUT2D eigenvalue weighted by molar-refractivity contribution is 7.08. The summed E-state index contributed by atoms with van der Waals surface area (Å²) in [5.74, 6) is 0. The van der Waals surface area contributed by atoms with Gasteiger partial charge in [0.2, 0.25) is 0 Å². The molecule has 1 nitrogen and oxygen atoms in total. The van der Waals surface area contributed by atoms with E-state index in [1.165, 1.54) is 22.3 Å². The van der Waals surface area contributed by atoms with E-state index in [9.17, 15) is 0 Å². The van der Waals surface area contributed by atoms with Crippen molar-refractivity contribution in [2.24, 2.45) is 0 Å². The lowest BCUT2D eigenvalue weighted by molar-refractivity contribution is 0.599. The lowest BCUT2D eigenvalue weighted by Crippen LogP contribution is -2.22. The van der Waals surface area contributed by atoms with Crippen LogP contribution in [0.15, 0.2) is 35.0 Å². The van der Waals surface area contributed by atoms with Gasteiger partial charge in [0.25, 0.3) is 0 Å². The van der Waals surface area contributed by atoms with Gasteiger partial charge in [0, 0.05) is 0 Å². The van der Waals surface area contributed by atoms with Gasteiger partial charge in [-0.2, -0.15) is 11.3 Å². The molecule has 1 heterocycles. The monoisotopic (exact) mass is 259 g/mol. The number of benzene rings is 1. The van der Waals surface area contributed by atoms with Gasteiger partial charge in [-0.3, -0.25) is 0 Å². The minimum Gasteiger partial charge on any atom is -0.306 e. The molecule has 1 N–H and O–H groups in total. The first kappa shape index (κ1) is 13.3. The number of hydrogen-bond donors (Lipinski definition) is 1. The molecular weight excluding hydrogens is 238 g/mol. The predicted octanol–water partition coefficient (Wildman–Crippen LogP) is 4.45. The molecule has 0 bridgehead atoms. The van der Waals surface area contributed by atoms with Crippen molar-refractivity contribution < 1.29 is 0 Å². The van der Waals surface area contributed by atoms with Crippen LogP contribution in [0.25, 0.3) is 0 Å². The number of thiophene rings is 1. The molecule has 96 valence electrons. The fourth-order valence-electron chi connectivity index (χ4n) is 2.10. The Balaban J connectivity index is 2.30. The van der Waals surface area contributed by atoms with Crippen LogP contribution in [-0.2, 0) is 0 Å². The molecule has 0 saturated carbocycles. The van der Waals surface area contributed by atoms with Crippen LogP contribution in [0, 0.1) is 13.8 Å². The van der Waals surface area contributed by atoms with Gasteiger partial charge < -0.3 is 5.32 Å². The highest BCUT2D eigenvalue weighted by atomic mass is 32.1. The molecule has 0 spiro atoms. The van der Waals surface area contributed by atoms with E-state index < -0.39 is 0 Å². The van der Waals surface area contributed by atoms with E-state index in [1.807, 2.05) is 0 Å². The maximum Gasteiger partial charge on any atom is 0.0585 e. The minimum atomic E-state index is 0.329. The van der Waals surface area contributed by atoms with Crippen molar-refractivity contribution in [2.75, 3.05) is 6.54 Å². The molecule has 1 atom stereocenters. The largest absolute Gasteiger partial charge is 0.306 e. The van der Waals surface area contributed by atoms with E-state index in [0.29, 0.717) is 6.04 Å². The normalized spacial score (nSPS) is 12.6. The summed E-state index contributed by atoms with van der Waals surface area (Å²) in [6.07, 6.45) is 1.16. The number of nitrogens with one attached hydrogen (secondary N) is 1. The maximum absolute atomic E-state index is 3.64. The van der Waals surface area contributed by atoms with Crippen molar-refractivity contribution in [3.63, 3.8) is 0 Å².